The number of rotatable bonds is 1. The fraction of sp³-hybridized carbons (Fsp3) is 0.231. The maximum Gasteiger partial charge on any atom is 0.256 e. The summed E-state index contributed by atoms with van der Waals surface area (Å²) in [6, 6.07) is 7.41. The van der Waals surface area contributed by atoms with Crippen LogP contribution in [0.4, 0.5) is 0 Å². The minimum Gasteiger partial charge on any atom is -0.389 e. The third-order valence-corrected chi connectivity index (χ3v) is 3.43. The number of aliphatic hydroxyl groups is 1. The van der Waals surface area contributed by atoms with Crippen LogP contribution in [-0.4, -0.2) is 40.1 Å². The summed E-state index contributed by atoms with van der Waals surface area (Å²) >= 11 is 6.01. The van der Waals surface area contributed by atoms with Crippen molar-refractivity contribution in [3.63, 3.8) is 0 Å². The first-order valence-electron chi connectivity index (χ1n) is 5.67. The molecule has 0 saturated carbocycles. The van der Waals surface area contributed by atoms with Gasteiger partial charge < -0.3 is 10.0 Å². The Hall–Kier alpha value is -1.65. The molecule has 0 bridgehead atoms. The number of fused-ring (bicyclic) bond motifs is 1. The fourth-order valence-electron chi connectivity index (χ4n) is 2.12. The summed E-state index contributed by atoms with van der Waals surface area (Å²) in [5.74, 6) is -0.110. The molecule has 1 aromatic carbocycles. The second-order valence-electron chi connectivity index (χ2n) is 4.37. The van der Waals surface area contributed by atoms with Gasteiger partial charge in [0.1, 0.15) is 5.15 Å². The minimum atomic E-state index is -0.402. The molecule has 1 fully saturated rings. The second kappa shape index (κ2) is 4.23. The average molecular weight is 263 g/mol. The van der Waals surface area contributed by atoms with Crippen LogP contribution in [0.5, 0.6) is 0 Å². The molecular formula is C13H11ClN2O2. The third-order valence-electron chi connectivity index (χ3n) is 3.13. The number of amides is 1. The lowest BCUT2D eigenvalue weighted by Gasteiger charge is -2.36. The molecule has 0 aliphatic carbocycles. The van der Waals surface area contributed by atoms with Crippen LogP contribution < -0.4 is 0 Å². The second-order valence-corrected chi connectivity index (χ2v) is 4.73. The minimum absolute atomic E-state index is 0.110. The molecule has 1 aliphatic heterocycles. The number of halogens is 1. The molecule has 1 N–H and O–H groups in total. The Balaban J connectivity index is 2.07. The summed E-state index contributed by atoms with van der Waals surface area (Å²) in [5, 5.41) is 11.2. The molecule has 5 heteroatoms. The van der Waals surface area contributed by atoms with Gasteiger partial charge in [0.25, 0.3) is 5.91 Å². The lowest BCUT2D eigenvalue weighted by molar-refractivity contribution is 0.00600. The number of aliphatic hydroxyl groups excluding tert-OH is 1. The molecule has 0 radical (unpaired) electrons. The molecule has 92 valence electrons. The number of hydrogen-bond acceptors (Lipinski definition) is 3. The van der Waals surface area contributed by atoms with Crippen LogP contribution in [0.15, 0.2) is 30.5 Å². The summed E-state index contributed by atoms with van der Waals surface area (Å²) in [7, 11) is 0. The number of aromatic nitrogens is 1. The van der Waals surface area contributed by atoms with Crippen molar-refractivity contribution < 1.29 is 9.90 Å². The van der Waals surface area contributed by atoms with Gasteiger partial charge in [-0.3, -0.25) is 4.79 Å². The van der Waals surface area contributed by atoms with Gasteiger partial charge in [-0.15, -0.1) is 0 Å². The Labute approximate surface area is 109 Å². The maximum absolute atomic E-state index is 12.2. The van der Waals surface area contributed by atoms with Gasteiger partial charge in [0.15, 0.2) is 0 Å². The van der Waals surface area contributed by atoms with E-state index >= 15 is 0 Å². The van der Waals surface area contributed by atoms with Crippen molar-refractivity contribution in [1.82, 2.24) is 9.88 Å². The average Bonchev–Trinajstić information content (AvgIpc) is 2.35. The first-order valence-corrected chi connectivity index (χ1v) is 6.05. The van der Waals surface area contributed by atoms with E-state index in [1.54, 1.807) is 4.90 Å². The van der Waals surface area contributed by atoms with E-state index in [1.807, 2.05) is 24.3 Å². The Morgan fingerprint density at radius 2 is 2.00 bits per heavy atom. The van der Waals surface area contributed by atoms with Crippen LogP contribution in [-0.2, 0) is 0 Å². The molecule has 18 heavy (non-hydrogen) atoms. The van der Waals surface area contributed by atoms with Gasteiger partial charge in [-0.25, -0.2) is 4.98 Å². The predicted octanol–water partition coefficient (Wildman–Crippen LogP) is 1.70. The summed E-state index contributed by atoms with van der Waals surface area (Å²) in [4.78, 5) is 17.9. The highest BCUT2D eigenvalue weighted by Gasteiger charge is 2.30. The van der Waals surface area contributed by atoms with Crippen LogP contribution in [0.1, 0.15) is 10.4 Å². The van der Waals surface area contributed by atoms with E-state index in [4.69, 9.17) is 11.6 Å². The predicted molar refractivity (Wildman–Crippen MR) is 68.7 cm³/mol. The van der Waals surface area contributed by atoms with Crippen LogP contribution >= 0.6 is 11.6 Å². The topological polar surface area (TPSA) is 53.4 Å². The normalized spacial score (nSPS) is 15.8. The van der Waals surface area contributed by atoms with Crippen LogP contribution in [0.2, 0.25) is 5.15 Å². The van der Waals surface area contributed by atoms with Crippen molar-refractivity contribution >= 4 is 28.3 Å². The zero-order chi connectivity index (χ0) is 12.7. The molecular weight excluding hydrogens is 252 g/mol. The SMILES string of the molecule is O=C(c1cnc(Cl)c2ccccc12)N1CC(O)C1. The van der Waals surface area contributed by atoms with Gasteiger partial charge in [-0.2, -0.15) is 0 Å². The van der Waals surface area contributed by atoms with Gasteiger partial charge in [0.05, 0.1) is 11.7 Å². The molecule has 0 atom stereocenters. The van der Waals surface area contributed by atoms with E-state index in [2.05, 4.69) is 4.98 Å². The number of likely N-dealkylation sites (tertiary alicyclic amines) is 1. The van der Waals surface area contributed by atoms with E-state index in [9.17, 15) is 9.90 Å². The van der Waals surface area contributed by atoms with Crippen LogP contribution in [0.25, 0.3) is 10.8 Å². The van der Waals surface area contributed by atoms with E-state index in [0.717, 1.165) is 10.8 Å². The molecule has 1 saturated heterocycles. The van der Waals surface area contributed by atoms with Crippen molar-refractivity contribution in [2.24, 2.45) is 0 Å². The fourth-order valence-corrected chi connectivity index (χ4v) is 2.33. The van der Waals surface area contributed by atoms with Crippen molar-refractivity contribution in [2.75, 3.05) is 13.1 Å². The van der Waals surface area contributed by atoms with Crippen molar-refractivity contribution in [1.29, 1.82) is 0 Å². The first-order chi connectivity index (χ1) is 8.66. The van der Waals surface area contributed by atoms with Gasteiger partial charge in [0, 0.05) is 24.7 Å². The number of nitrogens with zero attached hydrogens (tertiary/aromatic N) is 2. The molecule has 4 nitrogen and oxygen atoms in total. The summed E-state index contributed by atoms with van der Waals surface area (Å²) < 4.78 is 0. The van der Waals surface area contributed by atoms with Gasteiger partial charge in [0.2, 0.25) is 0 Å². The molecule has 0 unspecified atom stereocenters. The Kier molecular flexibility index (Phi) is 2.69. The van der Waals surface area contributed by atoms with Crippen molar-refractivity contribution in [3.8, 4) is 0 Å². The number of benzene rings is 1. The van der Waals surface area contributed by atoms with E-state index < -0.39 is 6.10 Å². The molecule has 0 spiro atoms. The number of pyridine rings is 1. The molecule has 1 aliphatic rings. The van der Waals surface area contributed by atoms with Crippen molar-refractivity contribution in [2.45, 2.75) is 6.10 Å². The molecule has 3 rings (SSSR count). The molecule has 2 heterocycles. The third kappa shape index (κ3) is 1.74. The smallest absolute Gasteiger partial charge is 0.256 e. The first kappa shape index (κ1) is 11.4. The maximum atomic E-state index is 12.2. The lowest BCUT2D eigenvalue weighted by Crippen LogP contribution is -2.53. The van der Waals surface area contributed by atoms with Gasteiger partial charge in [-0.1, -0.05) is 35.9 Å². The number of hydrogen-bond donors (Lipinski definition) is 1. The monoisotopic (exact) mass is 262 g/mol. The quantitative estimate of drug-likeness (QED) is 0.796. The largest absolute Gasteiger partial charge is 0.389 e. The highest BCUT2D eigenvalue weighted by Crippen LogP contribution is 2.26. The zero-order valence-corrected chi connectivity index (χ0v) is 10.3. The van der Waals surface area contributed by atoms with Crippen LogP contribution in [0, 0.1) is 0 Å². The number of carbonyl (C=O) groups excluding carboxylic acids is 1. The number of β-amino-alcohol motifs (C(OH)–C–C–N with tert-alkyl or cyclic N) is 1. The molecule has 2 aromatic rings. The van der Waals surface area contributed by atoms with Crippen LogP contribution in [0.3, 0.4) is 0 Å². The van der Waals surface area contributed by atoms with Crippen molar-refractivity contribution in [3.05, 3.63) is 41.2 Å². The Morgan fingerprint density at radius 1 is 1.33 bits per heavy atom. The zero-order valence-electron chi connectivity index (χ0n) is 9.51. The Bertz CT molecular complexity index is 623. The summed E-state index contributed by atoms with van der Waals surface area (Å²) in [6.07, 6.45) is 1.10. The van der Waals surface area contributed by atoms with E-state index in [0.29, 0.717) is 23.8 Å². The Morgan fingerprint density at radius 3 is 2.67 bits per heavy atom. The standard InChI is InChI=1S/C13H11ClN2O2/c14-12-10-4-2-1-3-9(10)11(5-15-12)13(18)16-6-8(17)7-16/h1-5,8,17H,6-7H2. The van der Waals surface area contributed by atoms with E-state index in [1.165, 1.54) is 6.20 Å². The lowest BCUT2D eigenvalue weighted by atomic mass is 10.0. The summed E-state index contributed by atoms with van der Waals surface area (Å²) in [6.45, 7) is 0.769. The highest BCUT2D eigenvalue weighted by atomic mass is 35.5. The van der Waals surface area contributed by atoms with E-state index in [-0.39, 0.29) is 5.91 Å². The van der Waals surface area contributed by atoms with Gasteiger partial charge >= 0.3 is 0 Å². The van der Waals surface area contributed by atoms with Gasteiger partial charge in [-0.05, 0) is 5.39 Å². The molecule has 1 amide bonds. The molecule has 1 aromatic heterocycles. The number of carbonyl (C=O) groups is 1. The highest BCUT2D eigenvalue weighted by molar-refractivity contribution is 6.34. The summed E-state index contributed by atoms with van der Waals surface area (Å²) in [5.41, 5.74) is 0.530.